The van der Waals surface area contributed by atoms with E-state index in [0.717, 1.165) is 0 Å². The van der Waals surface area contributed by atoms with Gasteiger partial charge in [-0.1, -0.05) is 35.4 Å². The Hall–Kier alpha value is -2.44. The third kappa shape index (κ3) is 2.39. The van der Waals surface area contributed by atoms with Crippen molar-refractivity contribution in [2.24, 2.45) is 5.11 Å². The highest BCUT2D eigenvalue weighted by atomic mass is 16.3. The zero-order valence-electron chi connectivity index (χ0n) is 8.67. The number of benzene rings is 1. The van der Waals surface area contributed by atoms with Crippen molar-refractivity contribution >= 4 is 0 Å². The number of hydrogen-bond donors (Lipinski definition) is 2. The first kappa shape index (κ1) is 11.1. The summed E-state index contributed by atoms with van der Waals surface area (Å²) in [4.78, 5) is 2.73. The number of nitrogens with zero attached hydrogens (tertiary/aromatic N) is 6. The van der Waals surface area contributed by atoms with E-state index in [-0.39, 0.29) is 5.82 Å². The first-order valence-corrected chi connectivity index (χ1v) is 4.83. The van der Waals surface area contributed by atoms with Crippen molar-refractivity contribution < 1.29 is 5.11 Å². The molecular formula is C9H9N7O. The smallest absolute Gasteiger partial charge is 0.178 e. The van der Waals surface area contributed by atoms with Crippen LogP contribution in [0.5, 0.6) is 0 Å². The van der Waals surface area contributed by atoms with Crippen LogP contribution in [0.25, 0.3) is 10.4 Å². The summed E-state index contributed by atoms with van der Waals surface area (Å²) in [6.45, 7) is 0. The number of hydrogen-bond acceptors (Lipinski definition) is 5. The molecule has 0 bridgehead atoms. The molecule has 2 atom stereocenters. The van der Waals surface area contributed by atoms with E-state index in [9.17, 15) is 5.11 Å². The highest BCUT2D eigenvalue weighted by Gasteiger charge is 2.24. The number of aliphatic hydroxyl groups excluding tert-OH is 1. The summed E-state index contributed by atoms with van der Waals surface area (Å²) in [6, 6.07) is 8.16. The van der Waals surface area contributed by atoms with Crippen molar-refractivity contribution in [1.29, 1.82) is 0 Å². The van der Waals surface area contributed by atoms with Crippen LogP contribution in [0, 0.1) is 0 Å². The van der Waals surface area contributed by atoms with Gasteiger partial charge in [-0.2, -0.15) is 0 Å². The molecule has 0 saturated carbocycles. The van der Waals surface area contributed by atoms with Crippen molar-refractivity contribution in [1.82, 2.24) is 20.6 Å². The van der Waals surface area contributed by atoms with Crippen molar-refractivity contribution in [3.05, 3.63) is 52.2 Å². The van der Waals surface area contributed by atoms with Gasteiger partial charge in [-0.05, 0) is 21.5 Å². The van der Waals surface area contributed by atoms with E-state index in [1.165, 1.54) is 0 Å². The van der Waals surface area contributed by atoms with E-state index >= 15 is 0 Å². The molecule has 0 aliphatic carbocycles. The van der Waals surface area contributed by atoms with Gasteiger partial charge in [-0.3, -0.25) is 0 Å². The Labute approximate surface area is 95.9 Å². The van der Waals surface area contributed by atoms with E-state index in [2.05, 4.69) is 30.7 Å². The van der Waals surface area contributed by atoms with Gasteiger partial charge in [0.1, 0.15) is 6.10 Å². The Morgan fingerprint density at radius 2 is 2.12 bits per heavy atom. The van der Waals surface area contributed by atoms with Crippen molar-refractivity contribution in [2.75, 3.05) is 0 Å². The van der Waals surface area contributed by atoms with Crippen LogP contribution in [0.1, 0.15) is 23.5 Å². The molecule has 86 valence electrons. The van der Waals surface area contributed by atoms with Gasteiger partial charge in [0.05, 0.1) is 6.04 Å². The fraction of sp³-hybridized carbons (Fsp3) is 0.222. The van der Waals surface area contributed by atoms with E-state index in [1.54, 1.807) is 24.3 Å². The number of tetrazole rings is 1. The normalized spacial score (nSPS) is 13.7. The van der Waals surface area contributed by atoms with Crippen LogP contribution in [0.15, 0.2) is 35.4 Å². The zero-order valence-corrected chi connectivity index (χ0v) is 8.67. The molecule has 0 amide bonds. The second-order valence-corrected chi connectivity index (χ2v) is 3.29. The lowest BCUT2D eigenvalue weighted by Crippen LogP contribution is -2.10. The number of aromatic nitrogens is 4. The van der Waals surface area contributed by atoms with Crippen LogP contribution in [0.2, 0.25) is 0 Å². The minimum atomic E-state index is -1.11. The van der Waals surface area contributed by atoms with Crippen molar-refractivity contribution in [2.45, 2.75) is 12.1 Å². The van der Waals surface area contributed by atoms with Crippen LogP contribution in [-0.4, -0.2) is 25.7 Å². The van der Waals surface area contributed by atoms with Gasteiger partial charge in [0.25, 0.3) is 0 Å². The zero-order chi connectivity index (χ0) is 12.1. The number of nitrogens with one attached hydrogen (secondary N) is 1. The fourth-order valence-corrected chi connectivity index (χ4v) is 1.46. The van der Waals surface area contributed by atoms with Crippen LogP contribution in [0.3, 0.4) is 0 Å². The van der Waals surface area contributed by atoms with Gasteiger partial charge in [-0.15, -0.1) is 5.10 Å². The first-order chi connectivity index (χ1) is 8.33. The van der Waals surface area contributed by atoms with Crippen LogP contribution < -0.4 is 0 Å². The molecule has 0 aliphatic heterocycles. The third-order valence-corrected chi connectivity index (χ3v) is 2.26. The van der Waals surface area contributed by atoms with E-state index in [0.29, 0.717) is 5.56 Å². The molecule has 0 aliphatic rings. The van der Waals surface area contributed by atoms with Crippen LogP contribution in [-0.2, 0) is 0 Å². The van der Waals surface area contributed by atoms with Gasteiger partial charge < -0.3 is 5.11 Å². The molecule has 0 fully saturated rings. The van der Waals surface area contributed by atoms with Crippen LogP contribution in [0.4, 0.5) is 0 Å². The topological polar surface area (TPSA) is 123 Å². The maximum atomic E-state index is 10.0. The molecule has 2 unspecified atom stereocenters. The number of rotatable bonds is 4. The summed E-state index contributed by atoms with van der Waals surface area (Å²) in [6.07, 6.45) is -1.11. The van der Waals surface area contributed by atoms with Gasteiger partial charge in [-0.25, -0.2) is 5.10 Å². The second kappa shape index (κ2) is 5.06. The number of azide groups is 1. The average Bonchev–Trinajstić information content (AvgIpc) is 2.90. The molecule has 2 aromatic rings. The molecule has 1 heterocycles. The maximum absolute atomic E-state index is 10.0. The predicted molar refractivity (Wildman–Crippen MR) is 57.5 cm³/mol. The summed E-state index contributed by atoms with van der Waals surface area (Å²) < 4.78 is 0. The predicted octanol–water partition coefficient (Wildman–Crippen LogP) is 1.28. The van der Waals surface area contributed by atoms with E-state index in [1.807, 2.05) is 6.07 Å². The molecule has 17 heavy (non-hydrogen) atoms. The highest BCUT2D eigenvalue weighted by molar-refractivity contribution is 5.21. The van der Waals surface area contributed by atoms with Gasteiger partial charge in [0.15, 0.2) is 5.82 Å². The van der Waals surface area contributed by atoms with E-state index < -0.39 is 12.1 Å². The molecule has 1 aromatic heterocycles. The molecule has 2 N–H and O–H groups in total. The minimum absolute atomic E-state index is 0.159. The summed E-state index contributed by atoms with van der Waals surface area (Å²) in [5, 5.41) is 26.3. The van der Waals surface area contributed by atoms with Crippen molar-refractivity contribution in [3.63, 3.8) is 0 Å². The quantitative estimate of drug-likeness (QED) is 0.467. The monoisotopic (exact) mass is 231 g/mol. The second-order valence-electron chi connectivity index (χ2n) is 3.29. The van der Waals surface area contributed by atoms with Crippen LogP contribution >= 0.6 is 0 Å². The van der Waals surface area contributed by atoms with Gasteiger partial charge in [0.2, 0.25) is 0 Å². The summed E-state index contributed by atoms with van der Waals surface area (Å²) in [7, 11) is 0. The number of H-pyrrole nitrogens is 1. The SMILES string of the molecule is [N-]=[N+]=NC(c1ccccc1)C(O)c1nnn[nH]1. The lowest BCUT2D eigenvalue weighted by molar-refractivity contribution is 0.137. The summed E-state index contributed by atoms with van der Waals surface area (Å²) in [5.41, 5.74) is 9.22. The Bertz CT molecular complexity index is 505. The van der Waals surface area contributed by atoms with Gasteiger partial charge >= 0.3 is 0 Å². The third-order valence-electron chi connectivity index (χ3n) is 2.26. The molecule has 0 saturated heterocycles. The molecule has 1 aromatic carbocycles. The Kier molecular flexibility index (Phi) is 3.29. The standard InChI is InChI=1S/C9H9N7O/c10-14-11-7(6-4-2-1-3-5-6)8(17)9-12-15-16-13-9/h1-5,7-8,17H,(H,12,13,15,16). The maximum Gasteiger partial charge on any atom is 0.178 e. The first-order valence-electron chi connectivity index (χ1n) is 4.83. The molecule has 0 spiro atoms. The molecule has 8 nitrogen and oxygen atoms in total. The number of aliphatic hydroxyl groups is 1. The lowest BCUT2D eigenvalue weighted by Gasteiger charge is -2.15. The summed E-state index contributed by atoms with van der Waals surface area (Å²) >= 11 is 0. The van der Waals surface area contributed by atoms with Crippen molar-refractivity contribution in [3.8, 4) is 0 Å². The molecular weight excluding hydrogens is 222 g/mol. The molecule has 8 heteroatoms. The fourth-order valence-electron chi connectivity index (χ4n) is 1.46. The lowest BCUT2D eigenvalue weighted by atomic mass is 10.0. The minimum Gasteiger partial charge on any atom is -0.384 e. The largest absolute Gasteiger partial charge is 0.384 e. The average molecular weight is 231 g/mol. The Morgan fingerprint density at radius 1 is 1.35 bits per heavy atom. The Balaban J connectivity index is 2.33. The number of aromatic amines is 1. The summed E-state index contributed by atoms with van der Waals surface area (Å²) in [5.74, 6) is 0.159. The Morgan fingerprint density at radius 3 is 2.71 bits per heavy atom. The molecule has 2 rings (SSSR count). The van der Waals surface area contributed by atoms with Gasteiger partial charge in [0, 0.05) is 4.91 Å². The van der Waals surface area contributed by atoms with E-state index in [4.69, 9.17) is 5.53 Å². The highest BCUT2D eigenvalue weighted by Crippen LogP contribution is 2.29. The molecule has 0 radical (unpaired) electrons.